The summed E-state index contributed by atoms with van der Waals surface area (Å²) >= 11 is 0. The predicted molar refractivity (Wildman–Crippen MR) is 90.7 cm³/mol. The Morgan fingerprint density at radius 1 is 1.04 bits per heavy atom. The second-order valence-corrected chi connectivity index (χ2v) is 6.75. The zero-order chi connectivity index (χ0) is 19.1. The Kier molecular flexibility index (Phi) is 4.39. The molecule has 27 heavy (non-hydrogen) atoms. The van der Waals surface area contributed by atoms with Gasteiger partial charge in [-0.15, -0.1) is 0 Å². The number of carbonyl (C=O) groups is 4. The van der Waals surface area contributed by atoms with Gasteiger partial charge in [-0.25, -0.2) is 4.39 Å². The Morgan fingerprint density at radius 2 is 1.78 bits per heavy atom. The number of imide groups is 2. The molecule has 1 aromatic rings. The van der Waals surface area contributed by atoms with Crippen molar-refractivity contribution in [2.45, 2.75) is 25.3 Å². The lowest BCUT2D eigenvalue weighted by atomic mass is 10.0. The average molecular weight is 375 g/mol. The molecule has 1 aromatic carbocycles. The zero-order valence-corrected chi connectivity index (χ0v) is 14.5. The lowest BCUT2D eigenvalue weighted by Gasteiger charge is -2.27. The summed E-state index contributed by atoms with van der Waals surface area (Å²) < 4.78 is 20.0. The number of anilines is 1. The molecule has 8 nitrogen and oxygen atoms in total. The number of carbonyl (C=O) groups excluding carboxylic acids is 4. The highest BCUT2D eigenvalue weighted by atomic mass is 19.1. The molecule has 142 valence electrons. The Morgan fingerprint density at radius 3 is 2.52 bits per heavy atom. The maximum absolute atomic E-state index is 14.7. The van der Waals surface area contributed by atoms with Gasteiger partial charge in [0.1, 0.15) is 11.9 Å². The fraction of sp³-hybridized carbons (Fsp3) is 0.444. The fourth-order valence-corrected chi connectivity index (χ4v) is 3.71. The van der Waals surface area contributed by atoms with Crippen LogP contribution in [0.2, 0.25) is 0 Å². The van der Waals surface area contributed by atoms with E-state index in [2.05, 4.69) is 5.32 Å². The van der Waals surface area contributed by atoms with Crippen LogP contribution < -0.4 is 10.2 Å². The van der Waals surface area contributed by atoms with Crippen LogP contribution in [0.25, 0.3) is 0 Å². The summed E-state index contributed by atoms with van der Waals surface area (Å²) in [5, 5.41) is 2.14. The highest BCUT2D eigenvalue weighted by Crippen LogP contribution is 2.32. The van der Waals surface area contributed by atoms with Crippen LogP contribution in [0, 0.1) is 5.82 Å². The lowest BCUT2D eigenvalue weighted by molar-refractivity contribution is -0.136. The quantitative estimate of drug-likeness (QED) is 0.755. The molecule has 0 bridgehead atoms. The van der Waals surface area contributed by atoms with Gasteiger partial charge in [0.05, 0.1) is 23.4 Å². The van der Waals surface area contributed by atoms with Crippen molar-refractivity contribution in [3.8, 4) is 0 Å². The third-order valence-electron chi connectivity index (χ3n) is 5.07. The molecule has 0 saturated carbocycles. The molecular formula is C18H18FN3O5. The summed E-state index contributed by atoms with van der Waals surface area (Å²) in [5.41, 5.74) is 0.258. The van der Waals surface area contributed by atoms with Gasteiger partial charge >= 0.3 is 0 Å². The van der Waals surface area contributed by atoms with E-state index >= 15 is 0 Å². The van der Waals surface area contributed by atoms with Gasteiger partial charge in [-0.1, -0.05) is 0 Å². The number of hydrogen-bond donors (Lipinski definition) is 1. The van der Waals surface area contributed by atoms with E-state index in [0.717, 1.165) is 17.4 Å². The summed E-state index contributed by atoms with van der Waals surface area (Å²) in [7, 11) is 0. The van der Waals surface area contributed by atoms with E-state index in [1.807, 2.05) is 0 Å². The third kappa shape index (κ3) is 2.97. The van der Waals surface area contributed by atoms with Crippen molar-refractivity contribution in [3.63, 3.8) is 0 Å². The van der Waals surface area contributed by atoms with Crippen LogP contribution in [0.1, 0.15) is 40.0 Å². The summed E-state index contributed by atoms with van der Waals surface area (Å²) in [5.74, 6) is -3.08. The molecule has 0 radical (unpaired) electrons. The molecular weight excluding hydrogens is 357 g/mol. The number of piperidine rings is 1. The van der Waals surface area contributed by atoms with Gasteiger partial charge < -0.3 is 9.64 Å². The number of ether oxygens (including phenoxy) is 1. The molecule has 3 heterocycles. The minimum Gasteiger partial charge on any atom is -0.380 e. The number of amides is 4. The van der Waals surface area contributed by atoms with E-state index in [1.54, 1.807) is 4.90 Å². The molecule has 0 aliphatic carbocycles. The number of fused-ring (bicyclic) bond motifs is 1. The first-order valence-electron chi connectivity index (χ1n) is 8.85. The van der Waals surface area contributed by atoms with E-state index in [4.69, 9.17) is 4.74 Å². The Bertz CT molecular complexity index is 848. The van der Waals surface area contributed by atoms with E-state index < -0.39 is 35.5 Å². The Labute approximate surface area is 154 Å². The van der Waals surface area contributed by atoms with Gasteiger partial charge in [-0.2, -0.15) is 0 Å². The molecule has 1 atom stereocenters. The van der Waals surface area contributed by atoms with Gasteiger partial charge in [0.15, 0.2) is 0 Å². The minimum atomic E-state index is -1.06. The molecule has 3 aliphatic rings. The van der Waals surface area contributed by atoms with Gasteiger partial charge in [0.2, 0.25) is 11.8 Å². The predicted octanol–water partition coefficient (Wildman–Crippen LogP) is 0.454. The second-order valence-electron chi connectivity index (χ2n) is 6.75. The number of nitrogens with one attached hydrogen (secondary N) is 1. The van der Waals surface area contributed by atoms with Gasteiger partial charge in [0, 0.05) is 26.1 Å². The molecule has 0 aromatic heterocycles. The van der Waals surface area contributed by atoms with Crippen molar-refractivity contribution in [1.29, 1.82) is 0 Å². The number of hydrogen-bond acceptors (Lipinski definition) is 6. The van der Waals surface area contributed by atoms with Crippen LogP contribution >= 0.6 is 0 Å². The lowest BCUT2D eigenvalue weighted by Crippen LogP contribution is -2.54. The molecule has 1 N–H and O–H groups in total. The molecule has 3 aliphatic heterocycles. The van der Waals surface area contributed by atoms with Crippen LogP contribution in [0.4, 0.5) is 10.1 Å². The largest absolute Gasteiger partial charge is 0.380 e. The van der Waals surface area contributed by atoms with Gasteiger partial charge in [-0.3, -0.25) is 29.4 Å². The van der Waals surface area contributed by atoms with Crippen molar-refractivity contribution >= 4 is 29.3 Å². The van der Waals surface area contributed by atoms with E-state index in [-0.39, 0.29) is 29.7 Å². The molecule has 9 heteroatoms. The van der Waals surface area contributed by atoms with Crippen molar-refractivity contribution in [2.75, 3.05) is 31.2 Å². The number of rotatable bonds is 2. The number of nitrogens with zero attached hydrogens (tertiary/aromatic N) is 2. The fourth-order valence-electron chi connectivity index (χ4n) is 3.71. The topological polar surface area (TPSA) is 96.0 Å². The Balaban J connectivity index is 1.67. The SMILES string of the molecule is O=C1CCC(N2C(=O)c3cc(F)c(N4CCCOCC4)cc3C2=O)C(=O)N1. The Hall–Kier alpha value is -2.81. The van der Waals surface area contributed by atoms with E-state index in [1.165, 1.54) is 6.07 Å². The van der Waals surface area contributed by atoms with Crippen LogP contribution in [0.15, 0.2) is 12.1 Å². The zero-order valence-electron chi connectivity index (χ0n) is 14.5. The van der Waals surface area contributed by atoms with Crippen LogP contribution in [0.3, 0.4) is 0 Å². The molecule has 4 rings (SSSR count). The van der Waals surface area contributed by atoms with Gasteiger partial charge in [0.25, 0.3) is 11.8 Å². The van der Waals surface area contributed by atoms with Gasteiger partial charge in [-0.05, 0) is 25.0 Å². The van der Waals surface area contributed by atoms with E-state index in [9.17, 15) is 23.6 Å². The highest BCUT2D eigenvalue weighted by Gasteiger charge is 2.45. The summed E-state index contributed by atoms with van der Waals surface area (Å²) in [6, 6.07) is 1.37. The van der Waals surface area contributed by atoms with Crippen LogP contribution in [-0.4, -0.2) is 60.9 Å². The summed E-state index contributed by atoms with van der Waals surface area (Å²) in [6.45, 7) is 2.10. The molecule has 2 saturated heterocycles. The van der Waals surface area contributed by atoms with Crippen LogP contribution in [0.5, 0.6) is 0 Å². The normalized spacial score (nSPS) is 23.4. The number of benzene rings is 1. The third-order valence-corrected chi connectivity index (χ3v) is 5.07. The first-order valence-corrected chi connectivity index (χ1v) is 8.85. The molecule has 1 unspecified atom stereocenters. The second kappa shape index (κ2) is 6.73. The highest BCUT2D eigenvalue weighted by molar-refractivity contribution is 6.23. The minimum absolute atomic E-state index is 0.0389. The standard InChI is InChI=1S/C18H18FN3O5/c19-12-8-10-11(9-14(12)21-4-1-6-27-7-5-21)18(26)22(17(10)25)13-2-3-15(23)20-16(13)24/h8-9,13H,1-7H2,(H,20,23,24). The summed E-state index contributed by atoms with van der Waals surface area (Å²) in [6.07, 6.45) is 0.831. The van der Waals surface area contributed by atoms with Crippen molar-refractivity contribution < 1.29 is 28.3 Å². The number of halogens is 1. The molecule has 2 fully saturated rings. The monoisotopic (exact) mass is 375 g/mol. The van der Waals surface area contributed by atoms with Crippen molar-refractivity contribution in [3.05, 3.63) is 29.1 Å². The first-order chi connectivity index (χ1) is 13.0. The maximum atomic E-state index is 14.7. The molecule has 0 spiro atoms. The van der Waals surface area contributed by atoms with Crippen LogP contribution in [-0.2, 0) is 14.3 Å². The van der Waals surface area contributed by atoms with E-state index in [0.29, 0.717) is 26.3 Å². The summed E-state index contributed by atoms with van der Waals surface area (Å²) in [4.78, 5) is 51.5. The molecule has 4 amide bonds. The maximum Gasteiger partial charge on any atom is 0.262 e. The smallest absolute Gasteiger partial charge is 0.262 e. The van der Waals surface area contributed by atoms with Crippen molar-refractivity contribution in [2.24, 2.45) is 0 Å². The van der Waals surface area contributed by atoms with Crippen molar-refractivity contribution in [1.82, 2.24) is 10.2 Å². The first kappa shape index (κ1) is 17.6. The average Bonchev–Trinajstić information content (AvgIpc) is 2.83.